The summed E-state index contributed by atoms with van der Waals surface area (Å²) in [6.45, 7) is 2.88. The minimum absolute atomic E-state index is 2.76. The maximum atomic E-state index is 4.30. The van der Waals surface area contributed by atoms with E-state index < -0.39 is 0 Å². The molecular formula is CH4N2O. The summed E-state index contributed by atoms with van der Waals surface area (Å²) < 4.78 is 0. The molecule has 0 aromatic rings. The van der Waals surface area contributed by atoms with Gasteiger partial charge in [0, 0.05) is 6.72 Å². The molecule has 0 aliphatic rings. The molecular weight excluding hydrogens is 56.0 g/mol. The molecule has 0 amide bonds. The number of oxime groups is 1. The molecule has 0 saturated heterocycles. The fourth-order valence-electron chi connectivity index (χ4n) is 0. The van der Waals surface area contributed by atoms with Crippen molar-refractivity contribution in [2.45, 2.75) is 0 Å². The van der Waals surface area contributed by atoms with Gasteiger partial charge in [0.05, 0.1) is 0 Å². The van der Waals surface area contributed by atoms with Crippen LogP contribution >= 0.6 is 0 Å². The van der Waals surface area contributed by atoms with Gasteiger partial charge in [0.1, 0.15) is 0 Å². The van der Waals surface area contributed by atoms with E-state index >= 15 is 0 Å². The van der Waals surface area contributed by atoms with Gasteiger partial charge in [0.25, 0.3) is 0 Å². The molecule has 0 aromatic heterocycles. The fourth-order valence-corrected chi connectivity index (χ4v) is 0. The lowest BCUT2D eigenvalue weighted by Gasteiger charge is -1.70. The molecule has 2 N–H and O–H groups in total. The summed E-state index contributed by atoms with van der Waals surface area (Å²) in [5.41, 5.74) is 0. The Bertz CT molecular complexity index is 20.0. The van der Waals surface area contributed by atoms with Crippen molar-refractivity contribution >= 4 is 6.72 Å². The van der Waals surface area contributed by atoms with Crippen molar-refractivity contribution in [2.24, 2.45) is 11.1 Å². The summed E-state index contributed by atoms with van der Waals surface area (Å²) in [5, 5.41) is 2.76. The SMILES string of the molecule is C=NON. The van der Waals surface area contributed by atoms with E-state index in [9.17, 15) is 0 Å². The van der Waals surface area contributed by atoms with Gasteiger partial charge in [-0.3, -0.25) is 0 Å². The maximum Gasteiger partial charge on any atom is 0.0325 e. The van der Waals surface area contributed by atoms with Crippen LogP contribution in [0.1, 0.15) is 0 Å². The molecule has 4 heavy (non-hydrogen) atoms. The van der Waals surface area contributed by atoms with E-state index in [-0.39, 0.29) is 0 Å². The van der Waals surface area contributed by atoms with E-state index in [1.807, 2.05) is 0 Å². The third kappa shape index (κ3) is 1.43. The van der Waals surface area contributed by atoms with Gasteiger partial charge in [0.15, 0.2) is 0 Å². The van der Waals surface area contributed by atoms with Crippen LogP contribution in [0.3, 0.4) is 0 Å². The van der Waals surface area contributed by atoms with Crippen LogP contribution < -0.4 is 5.90 Å². The number of nitrogens with zero attached hydrogens (tertiary/aromatic N) is 1. The highest BCUT2D eigenvalue weighted by atomic mass is 16.7. The summed E-state index contributed by atoms with van der Waals surface area (Å²) >= 11 is 0. The maximum absolute atomic E-state index is 4.30. The fraction of sp³-hybridized carbons (Fsp3) is 0. The van der Waals surface area contributed by atoms with Crippen LogP contribution in [0, 0.1) is 0 Å². The van der Waals surface area contributed by atoms with Gasteiger partial charge in [-0.05, 0) is 0 Å². The normalized spacial score (nSPS) is 5.25. The third-order valence-corrected chi connectivity index (χ3v) is 0.0745. The minimum Gasteiger partial charge on any atom is -0.303 e. The summed E-state index contributed by atoms with van der Waals surface area (Å²) in [6.07, 6.45) is 0. The van der Waals surface area contributed by atoms with Crippen molar-refractivity contribution in [1.29, 1.82) is 0 Å². The molecule has 0 fully saturated rings. The van der Waals surface area contributed by atoms with Crippen molar-refractivity contribution in [3.8, 4) is 0 Å². The smallest absolute Gasteiger partial charge is 0.0325 e. The van der Waals surface area contributed by atoms with Gasteiger partial charge in [-0.1, -0.05) is 5.16 Å². The average Bonchev–Trinajstić information content (AvgIpc) is 1.37. The number of rotatable bonds is 1. The van der Waals surface area contributed by atoms with Gasteiger partial charge in [-0.25, -0.2) is 0 Å². The average molecular weight is 60.1 g/mol. The highest BCUT2D eigenvalue weighted by Gasteiger charge is 1.34. The Morgan fingerprint density at radius 3 is 2.25 bits per heavy atom. The lowest BCUT2D eigenvalue weighted by molar-refractivity contribution is 0.152. The van der Waals surface area contributed by atoms with Crippen LogP contribution in [0.15, 0.2) is 5.16 Å². The molecule has 0 unspecified atom stereocenters. The molecule has 0 rings (SSSR count). The Kier molecular flexibility index (Phi) is 2.08. The Labute approximate surface area is 24.0 Å². The second kappa shape index (κ2) is 2.43. The predicted octanol–water partition coefficient (Wildman–Crippen LogP) is -0.508. The highest BCUT2D eigenvalue weighted by molar-refractivity contribution is 5.21. The van der Waals surface area contributed by atoms with Crippen LogP contribution in [-0.2, 0) is 4.94 Å². The second-order valence-electron chi connectivity index (χ2n) is 0.235. The first-order valence-corrected chi connectivity index (χ1v) is 0.735. The van der Waals surface area contributed by atoms with Crippen molar-refractivity contribution in [3.63, 3.8) is 0 Å². The standard InChI is InChI=1S/CH4N2O/c1-3-4-2/h1-2H2. The Hall–Kier alpha value is -0.570. The molecule has 0 aromatic carbocycles. The second-order valence-corrected chi connectivity index (χ2v) is 0.235. The Morgan fingerprint density at radius 1 is 2.00 bits per heavy atom. The van der Waals surface area contributed by atoms with E-state index in [1.165, 1.54) is 0 Å². The molecule has 0 aliphatic heterocycles. The van der Waals surface area contributed by atoms with E-state index in [2.05, 4.69) is 22.7 Å². The van der Waals surface area contributed by atoms with Crippen molar-refractivity contribution in [1.82, 2.24) is 0 Å². The first-order chi connectivity index (χ1) is 1.91. The van der Waals surface area contributed by atoms with Crippen molar-refractivity contribution < 1.29 is 4.94 Å². The van der Waals surface area contributed by atoms with Crippen LogP contribution in [0.5, 0.6) is 0 Å². The molecule has 0 atom stereocenters. The lowest BCUT2D eigenvalue weighted by Crippen LogP contribution is -1.85. The molecule has 3 heteroatoms. The van der Waals surface area contributed by atoms with Crippen LogP contribution in [0.4, 0.5) is 0 Å². The molecule has 0 bridgehead atoms. The van der Waals surface area contributed by atoms with Gasteiger partial charge in [0.2, 0.25) is 0 Å². The third-order valence-electron chi connectivity index (χ3n) is 0.0745. The van der Waals surface area contributed by atoms with Crippen molar-refractivity contribution in [3.05, 3.63) is 0 Å². The summed E-state index contributed by atoms with van der Waals surface area (Å²) in [7, 11) is 0. The van der Waals surface area contributed by atoms with E-state index in [4.69, 9.17) is 0 Å². The van der Waals surface area contributed by atoms with E-state index in [1.54, 1.807) is 0 Å². The molecule has 0 aliphatic carbocycles. The Morgan fingerprint density at radius 2 is 2.25 bits per heavy atom. The number of nitrogens with two attached hydrogens (primary N) is 1. The number of hydrogen-bond acceptors (Lipinski definition) is 3. The van der Waals surface area contributed by atoms with E-state index in [0.29, 0.717) is 0 Å². The summed E-state index contributed by atoms with van der Waals surface area (Å²) in [6, 6.07) is 0. The molecule has 3 nitrogen and oxygen atoms in total. The Balaban J connectivity index is 2.30. The predicted molar refractivity (Wildman–Crippen MR) is 14.8 cm³/mol. The highest BCUT2D eigenvalue weighted by Crippen LogP contribution is 1.41. The van der Waals surface area contributed by atoms with Gasteiger partial charge in [-0.15, -0.1) is 5.90 Å². The minimum atomic E-state index is 2.76. The topological polar surface area (TPSA) is 47.6 Å². The van der Waals surface area contributed by atoms with Gasteiger partial charge >= 0.3 is 0 Å². The van der Waals surface area contributed by atoms with Crippen LogP contribution in [0.25, 0.3) is 0 Å². The molecule has 0 saturated carbocycles. The molecule has 0 heterocycles. The lowest BCUT2D eigenvalue weighted by atomic mass is 11.8. The molecule has 24 valence electrons. The zero-order chi connectivity index (χ0) is 3.41. The van der Waals surface area contributed by atoms with Gasteiger partial charge < -0.3 is 4.94 Å². The largest absolute Gasteiger partial charge is 0.303 e. The van der Waals surface area contributed by atoms with E-state index in [0.717, 1.165) is 0 Å². The zero-order valence-corrected chi connectivity index (χ0v) is 2.14. The van der Waals surface area contributed by atoms with Crippen molar-refractivity contribution in [2.75, 3.05) is 0 Å². The monoisotopic (exact) mass is 60.0 g/mol. The summed E-state index contributed by atoms with van der Waals surface area (Å²) in [4.78, 5) is 3.56. The molecule has 0 spiro atoms. The first-order valence-electron chi connectivity index (χ1n) is 0.735. The summed E-state index contributed by atoms with van der Waals surface area (Å²) in [5.74, 6) is 4.30. The van der Waals surface area contributed by atoms with Gasteiger partial charge in [-0.2, -0.15) is 0 Å². The first kappa shape index (κ1) is 3.43. The van der Waals surface area contributed by atoms with Crippen LogP contribution in [0.2, 0.25) is 0 Å². The van der Waals surface area contributed by atoms with Crippen LogP contribution in [-0.4, -0.2) is 6.72 Å². The quantitative estimate of drug-likeness (QED) is 0.327. The number of hydrogen-bond donors (Lipinski definition) is 1. The molecule has 0 radical (unpaired) electrons. The zero-order valence-electron chi connectivity index (χ0n) is 2.14.